The minimum Gasteiger partial charge on any atom is -0.465 e. The second-order valence-corrected chi connectivity index (χ2v) is 5.30. The molecule has 0 N–H and O–H groups in total. The molecule has 0 saturated carbocycles. The average Bonchev–Trinajstić information content (AvgIpc) is 2.58. The van der Waals surface area contributed by atoms with Crippen molar-refractivity contribution in [2.24, 2.45) is 0 Å². The van der Waals surface area contributed by atoms with Gasteiger partial charge in [-0.05, 0) is 24.9 Å². The molecule has 116 valence electrons. The zero-order valence-electron chi connectivity index (χ0n) is 11.8. The highest BCUT2D eigenvalue weighted by Gasteiger charge is 2.33. The topological polar surface area (TPSA) is 55.3 Å². The number of aryl methyl sites for hydroxylation is 1. The van der Waals surface area contributed by atoms with Crippen molar-refractivity contribution in [3.63, 3.8) is 0 Å². The number of carbonyl (C=O) groups is 1. The van der Waals surface area contributed by atoms with Crippen LogP contribution in [0.1, 0.15) is 35.3 Å². The van der Waals surface area contributed by atoms with Gasteiger partial charge in [-0.1, -0.05) is 0 Å². The van der Waals surface area contributed by atoms with Crippen LogP contribution in [0.5, 0.6) is 0 Å². The van der Waals surface area contributed by atoms with E-state index in [1.165, 1.54) is 7.11 Å². The van der Waals surface area contributed by atoms with Crippen LogP contribution >= 0.6 is 11.6 Å². The third kappa shape index (κ3) is 3.58. The summed E-state index contributed by atoms with van der Waals surface area (Å²) in [5.41, 5.74) is 0.542. The van der Waals surface area contributed by atoms with Gasteiger partial charge < -0.3 is 9.64 Å². The van der Waals surface area contributed by atoms with Gasteiger partial charge >= 0.3 is 5.97 Å². The number of esters is 1. The van der Waals surface area contributed by atoms with Gasteiger partial charge in [0.25, 0.3) is 0 Å². The molecule has 2 rings (SSSR count). The number of halogens is 3. The van der Waals surface area contributed by atoms with E-state index in [9.17, 15) is 13.6 Å². The van der Waals surface area contributed by atoms with Gasteiger partial charge in [-0.3, -0.25) is 0 Å². The molecular formula is C13H16ClF2N3O2. The normalized spacial score (nSPS) is 18.2. The van der Waals surface area contributed by atoms with Crippen molar-refractivity contribution in [2.45, 2.75) is 32.1 Å². The smallest absolute Gasteiger partial charge is 0.343 e. The van der Waals surface area contributed by atoms with Gasteiger partial charge in [0.1, 0.15) is 11.4 Å². The third-order valence-corrected chi connectivity index (χ3v) is 3.62. The van der Waals surface area contributed by atoms with E-state index in [0.29, 0.717) is 18.7 Å². The zero-order chi connectivity index (χ0) is 15.6. The van der Waals surface area contributed by atoms with Gasteiger partial charge in [-0.15, -0.1) is 0 Å². The maximum atomic E-state index is 13.5. The first-order chi connectivity index (χ1) is 9.84. The molecule has 5 nitrogen and oxygen atoms in total. The van der Waals surface area contributed by atoms with Gasteiger partial charge in [0.2, 0.25) is 11.2 Å². The maximum absolute atomic E-state index is 13.5. The van der Waals surface area contributed by atoms with Crippen LogP contribution in [0.25, 0.3) is 0 Å². The number of nitrogens with zero attached hydrogens (tertiary/aromatic N) is 3. The zero-order valence-corrected chi connectivity index (χ0v) is 12.6. The van der Waals surface area contributed by atoms with Crippen molar-refractivity contribution in [3.05, 3.63) is 16.5 Å². The fraction of sp³-hybridized carbons (Fsp3) is 0.615. The Morgan fingerprint density at radius 3 is 2.71 bits per heavy atom. The Morgan fingerprint density at radius 2 is 2.05 bits per heavy atom. The van der Waals surface area contributed by atoms with Gasteiger partial charge in [0.05, 0.1) is 12.8 Å². The van der Waals surface area contributed by atoms with Crippen LogP contribution in [-0.4, -0.2) is 42.1 Å². The summed E-state index contributed by atoms with van der Waals surface area (Å²) in [7, 11) is 1.25. The molecule has 0 aromatic carbocycles. The van der Waals surface area contributed by atoms with Crippen molar-refractivity contribution in [1.82, 2.24) is 9.97 Å². The van der Waals surface area contributed by atoms with Crippen LogP contribution < -0.4 is 4.90 Å². The number of ether oxygens (including phenoxy) is 1. The predicted octanol–water partition coefficient (Wildman–Crippen LogP) is 2.85. The fourth-order valence-corrected chi connectivity index (χ4v) is 2.58. The highest BCUT2D eigenvalue weighted by atomic mass is 35.5. The number of alkyl halides is 2. The third-order valence-electron chi connectivity index (χ3n) is 3.45. The fourth-order valence-electron chi connectivity index (χ4n) is 2.37. The standard InChI is InChI=1S/C13H16ClF2N3O2/c1-8-9(11(20)21-2)10(18-12(14)17-8)19-6-3-4-13(15,16)5-7-19/h3-7H2,1-2H3. The molecule has 1 saturated heterocycles. The highest BCUT2D eigenvalue weighted by Crippen LogP contribution is 2.31. The van der Waals surface area contributed by atoms with Crippen LogP contribution in [0.2, 0.25) is 5.28 Å². The lowest BCUT2D eigenvalue weighted by Crippen LogP contribution is -2.29. The Balaban J connectivity index is 2.40. The highest BCUT2D eigenvalue weighted by molar-refractivity contribution is 6.28. The van der Waals surface area contributed by atoms with Crippen molar-refractivity contribution in [3.8, 4) is 0 Å². The number of anilines is 1. The van der Waals surface area contributed by atoms with E-state index >= 15 is 0 Å². The van der Waals surface area contributed by atoms with E-state index in [1.54, 1.807) is 11.8 Å². The van der Waals surface area contributed by atoms with Gasteiger partial charge in [0, 0.05) is 25.9 Å². The van der Waals surface area contributed by atoms with Crippen LogP contribution in [0.15, 0.2) is 0 Å². The van der Waals surface area contributed by atoms with Crippen LogP contribution in [0, 0.1) is 6.92 Å². The quantitative estimate of drug-likeness (QED) is 0.620. The molecule has 21 heavy (non-hydrogen) atoms. The largest absolute Gasteiger partial charge is 0.465 e. The van der Waals surface area contributed by atoms with E-state index in [0.717, 1.165) is 0 Å². The summed E-state index contributed by atoms with van der Waals surface area (Å²) in [5.74, 6) is -3.03. The van der Waals surface area contributed by atoms with E-state index in [4.69, 9.17) is 16.3 Å². The van der Waals surface area contributed by atoms with E-state index in [-0.39, 0.29) is 36.1 Å². The Labute approximate surface area is 126 Å². The first-order valence-electron chi connectivity index (χ1n) is 6.59. The molecule has 1 aliphatic heterocycles. The molecule has 1 aromatic rings. The summed E-state index contributed by atoms with van der Waals surface area (Å²) in [5, 5.41) is -0.0221. The van der Waals surface area contributed by atoms with E-state index in [1.807, 2.05) is 0 Å². The summed E-state index contributed by atoms with van der Waals surface area (Å²) in [6.07, 6.45) is -0.141. The molecule has 0 amide bonds. The lowest BCUT2D eigenvalue weighted by molar-refractivity contribution is -0.0102. The number of aromatic nitrogens is 2. The summed E-state index contributed by atoms with van der Waals surface area (Å²) < 4.78 is 31.6. The number of carbonyl (C=O) groups excluding carboxylic acids is 1. The summed E-state index contributed by atoms with van der Waals surface area (Å²) in [4.78, 5) is 21.5. The number of hydrogen-bond donors (Lipinski definition) is 0. The second-order valence-electron chi connectivity index (χ2n) is 4.96. The minimum absolute atomic E-state index is 0.0221. The van der Waals surface area contributed by atoms with E-state index in [2.05, 4.69) is 9.97 Å². The predicted molar refractivity (Wildman–Crippen MR) is 74.1 cm³/mol. The minimum atomic E-state index is -2.69. The molecule has 1 aliphatic rings. The molecule has 1 aromatic heterocycles. The Morgan fingerprint density at radius 1 is 1.33 bits per heavy atom. The average molecular weight is 320 g/mol. The summed E-state index contributed by atoms with van der Waals surface area (Å²) in [6.45, 7) is 2.09. The molecule has 0 atom stereocenters. The molecule has 8 heteroatoms. The molecule has 0 bridgehead atoms. The second kappa shape index (κ2) is 6.09. The maximum Gasteiger partial charge on any atom is 0.343 e. The lowest BCUT2D eigenvalue weighted by atomic mass is 10.1. The van der Waals surface area contributed by atoms with Gasteiger partial charge in [-0.2, -0.15) is 4.98 Å². The lowest BCUT2D eigenvalue weighted by Gasteiger charge is -2.24. The molecular weight excluding hydrogens is 304 g/mol. The molecule has 2 heterocycles. The van der Waals surface area contributed by atoms with Gasteiger partial charge in [0.15, 0.2) is 0 Å². The van der Waals surface area contributed by atoms with Crippen LogP contribution in [0.4, 0.5) is 14.6 Å². The first kappa shape index (κ1) is 15.9. The first-order valence-corrected chi connectivity index (χ1v) is 6.97. The molecule has 0 radical (unpaired) electrons. The monoisotopic (exact) mass is 319 g/mol. The molecule has 0 unspecified atom stereocenters. The Kier molecular flexibility index (Phi) is 4.61. The molecule has 1 fully saturated rings. The summed E-state index contributed by atoms with van der Waals surface area (Å²) in [6, 6.07) is 0. The van der Waals surface area contributed by atoms with Crippen molar-refractivity contribution in [2.75, 3.05) is 25.1 Å². The SMILES string of the molecule is COC(=O)c1c(C)nc(Cl)nc1N1CCCC(F)(F)CC1. The summed E-state index contributed by atoms with van der Waals surface area (Å²) >= 11 is 5.84. The van der Waals surface area contributed by atoms with E-state index < -0.39 is 11.9 Å². The van der Waals surface area contributed by atoms with Crippen LogP contribution in [0.3, 0.4) is 0 Å². The number of hydrogen-bond acceptors (Lipinski definition) is 5. The molecule has 0 aliphatic carbocycles. The van der Waals surface area contributed by atoms with Crippen molar-refractivity contribution < 1.29 is 18.3 Å². The van der Waals surface area contributed by atoms with Crippen molar-refractivity contribution in [1.29, 1.82) is 0 Å². The number of rotatable bonds is 2. The Bertz CT molecular complexity index is 554. The van der Waals surface area contributed by atoms with Gasteiger partial charge in [-0.25, -0.2) is 18.6 Å². The van der Waals surface area contributed by atoms with Crippen LogP contribution in [-0.2, 0) is 4.74 Å². The van der Waals surface area contributed by atoms with Crippen molar-refractivity contribution >= 4 is 23.4 Å². The Hall–Kier alpha value is -1.50. The number of methoxy groups -OCH3 is 1. The molecule has 0 spiro atoms.